The Labute approximate surface area is 144 Å². The maximum Gasteiger partial charge on any atom is 0.328 e. The Hall–Kier alpha value is -3.32. The van der Waals surface area contributed by atoms with E-state index in [2.05, 4.69) is 0 Å². The maximum absolute atomic E-state index is 9.55. The van der Waals surface area contributed by atoms with Crippen molar-refractivity contribution >= 4 is 11.9 Å². The predicted molar refractivity (Wildman–Crippen MR) is 91.3 cm³/mol. The van der Waals surface area contributed by atoms with Crippen molar-refractivity contribution in [2.24, 2.45) is 5.73 Å². The molecule has 2 rings (SSSR count). The average molecular weight is 345 g/mol. The summed E-state index contributed by atoms with van der Waals surface area (Å²) < 4.78 is 0. The van der Waals surface area contributed by atoms with E-state index in [0.717, 1.165) is 11.1 Å². The van der Waals surface area contributed by atoms with E-state index in [1.54, 1.807) is 24.3 Å². The van der Waals surface area contributed by atoms with Crippen LogP contribution in [0.4, 0.5) is 0 Å². The summed E-state index contributed by atoms with van der Waals surface area (Å²) in [5, 5.41) is 34.0. The number of carboxylic acids is 2. The molecule has 0 aliphatic rings. The molecule has 2 aromatic rings. The third-order valence-electron chi connectivity index (χ3n) is 3.08. The molecule has 0 aliphatic carbocycles. The number of benzene rings is 2. The van der Waals surface area contributed by atoms with Gasteiger partial charge < -0.3 is 26.2 Å². The standard InChI is InChI=1S/C14H15NO2.C4H4O4/c15-14(11-3-7-13(17)8-4-11)9-10-1-5-12(16)6-2-10;5-3(6)1-2-4(7)8/h1-8,14,16-17H,9,15H2;1-2H,(H,5,6)(H,7,8)/b;2-1+. The molecule has 0 aromatic heterocycles. The third kappa shape index (κ3) is 8.19. The second-order valence-corrected chi connectivity index (χ2v) is 5.08. The lowest BCUT2D eigenvalue weighted by Crippen LogP contribution is -2.13. The van der Waals surface area contributed by atoms with Crippen LogP contribution in [0.1, 0.15) is 17.2 Å². The Morgan fingerprint density at radius 3 is 1.64 bits per heavy atom. The van der Waals surface area contributed by atoms with E-state index in [0.29, 0.717) is 18.6 Å². The number of hydrogen-bond donors (Lipinski definition) is 5. The van der Waals surface area contributed by atoms with E-state index in [1.807, 2.05) is 24.3 Å². The highest BCUT2D eigenvalue weighted by molar-refractivity contribution is 5.89. The fourth-order valence-electron chi connectivity index (χ4n) is 1.87. The van der Waals surface area contributed by atoms with Crippen LogP contribution >= 0.6 is 0 Å². The molecule has 7 nitrogen and oxygen atoms in total. The molecule has 25 heavy (non-hydrogen) atoms. The highest BCUT2D eigenvalue weighted by Crippen LogP contribution is 2.19. The van der Waals surface area contributed by atoms with Crippen LogP contribution in [0.2, 0.25) is 0 Å². The van der Waals surface area contributed by atoms with Crippen molar-refractivity contribution in [2.45, 2.75) is 12.5 Å². The number of rotatable bonds is 5. The summed E-state index contributed by atoms with van der Waals surface area (Å²) in [5.74, 6) is -2.02. The zero-order valence-corrected chi connectivity index (χ0v) is 13.2. The first-order valence-corrected chi connectivity index (χ1v) is 7.24. The lowest BCUT2D eigenvalue weighted by atomic mass is 10.00. The van der Waals surface area contributed by atoms with Gasteiger partial charge in [0.25, 0.3) is 0 Å². The highest BCUT2D eigenvalue weighted by Gasteiger charge is 2.07. The SMILES string of the molecule is NC(Cc1ccc(O)cc1)c1ccc(O)cc1.O=C(O)/C=C/C(=O)O. The zero-order chi connectivity index (χ0) is 18.8. The Morgan fingerprint density at radius 2 is 1.24 bits per heavy atom. The van der Waals surface area contributed by atoms with Crippen molar-refractivity contribution in [2.75, 3.05) is 0 Å². The number of phenols is 2. The van der Waals surface area contributed by atoms with Crippen LogP contribution in [0.15, 0.2) is 60.7 Å². The minimum absolute atomic E-state index is 0.111. The van der Waals surface area contributed by atoms with Gasteiger partial charge in [0.15, 0.2) is 0 Å². The summed E-state index contributed by atoms with van der Waals surface area (Å²) in [7, 11) is 0. The van der Waals surface area contributed by atoms with Gasteiger partial charge in [0.2, 0.25) is 0 Å². The van der Waals surface area contributed by atoms with Gasteiger partial charge in [-0.1, -0.05) is 24.3 Å². The Kier molecular flexibility index (Phi) is 7.68. The van der Waals surface area contributed by atoms with Gasteiger partial charge in [-0.15, -0.1) is 0 Å². The van der Waals surface area contributed by atoms with Crippen LogP contribution < -0.4 is 5.73 Å². The first kappa shape index (κ1) is 19.7. The van der Waals surface area contributed by atoms with Crippen molar-refractivity contribution in [3.8, 4) is 11.5 Å². The van der Waals surface area contributed by atoms with Crippen molar-refractivity contribution < 1.29 is 30.0 Å². The van der Waals surface area contributed by atoms with Gasteiger partial charge >= 0.3 is 11.9 Å². The van der Waals surface area contributed by atoms with Crippen LogP contribution in [0.3, 0.4) is 0 Å². The van der Waals surface area contributed by atoms with E-state index in [9.17, 15) is 19.8 Å². The van der Waals surface area contributed by atoms with Gasteiger partial charge in [-0.25, -0.2) is 9.59 Å². The van der Waals surface area contributed by atoms with Crippen LogP contribution in [0.5, 0.6) is 11.5 Å². The van der Waals surface area contributed by atoms with Gasteiger partial charge in [-0.3, -0.25) is 0 Å². The molecule has 1 atom stereocenters. The van der Waals surface area contributed by atoms with Crippen LogP contribution in [-0.2, 0) is 16.0 Å². The fourth-order valence-corrected chi connectivity index (χ4v) is 1.87. The first-order valence-electron chi connectivity index (χ1n) is 7.24. The molecule has 0 spiro atoms. The Morgan fingerprint density at radius 1 is 0.840 bits per heavy atom. The lowest BCUT2D eigenvalue weighted by molar-refractivity contribution is -0.134. The molecule has 0 saturated heterocycles. The average Bonchev–Trinajstić information content (AvgIpc) is 2.56. The lowest BCUT2D eigenvalue weighted by Gasteiger charge is -2.12. The smallest absolute Gasteiger partial charge is 0.328 e. The Bertz CT molecular complexity index is 706. The molecule has 0 fully saturated rings. The van der Waals surface area contributed by atoms with Gasteiger partial charge in [-0.2, -0.15) is 0 Å². The van der Waals surface area contributed by atoms with Crippen LogP contribution in [0.25, 0.3) is 0 Å². The van der Waals surface area contributed by atoms with Gasteiger partial charge in [0.1, 0.15) is 11.5 Å². The number of aliphatic carboxylic acids is 2. The molecule has 0 saturated carbocycles. The molecule has 0 aliphatic heterocycles. The minimum Gasteiger partial charge on any atom is -0.508 e. The fraction of sp³-hybridized carbons (Fsp3) is 0.111. The quantitative estimate of drug-likeness (QED) is 0.522. The molecule has 0 heterocycles. The van der Waals surface area contributed by atoms with E-state index < -0.39 is 11.9 Å². The molecular formula is C18H19NO6. The molecular weight excluding hydrogens is 326 g/mol. The third-order valence-corrected chi connectivity index (χ3v) is 3.08. The summed E-state index contributed by atoms with van der Waals surface area (Å²) in [4.78, 5) is 19.1. The van der Waals surface area contributed by atoms with Gasteiger partial charge in [-0.05, 0) is 41.8 Å². The number of nitrogens with two attached hydrogens (primary N) is 1. The summed E-state index contributed by atoms with van der Waals surface area (Å²) in [6.45, 7) is 0. The number of aromatic hydroxyl groups is 2. The summed E-state index contributed by atoms with van der Waals surface area (Å²) in [6, 6.07) is 13.8. The number of carbonyl (C=O) groups is 2. The summed E-state index contributed by atoms with van der Waals surface area (Å²) in [5.41, 5.74) is 8.13. The van der Waals surface area contributed by atoms with Crippen LogP contribution in [-0.4, -0.2) is 32.4 Å². The predicted octanol–water partition coefficient (Wildman–Crippen LogP) is 2.05. The molecule has 0 radical (unpaired) electrons. The monoisotopic (exact) mass is 345 g/mol. The van der Waals surface area contributed by atoms with E-state index in [4.69, 9.17) is 15.9 Å². The second kappa shape index (κ2) is 9.74. The number of carboxylic acid groups (broad SMARTS) is 2. The Balaban J connectivity index is 0.000000333. The number of phenolic OH excluding ortho intramolecular Hbond substituents is 2. The van der Waals surface area contributed by atoms with Crippen molar-refractivity contribution in [3.05, 3.63) is 71.8 Å². The maximum atomic E-state index is 9.55. The van der Waals surface area contributed by atoms with Crippen molar-refractivity contribution in [1.82, 2.24) is 0 Å². The molecule has 6 N–H and O–H groups in total. The van der Waals surface area contributed by atoms with Gasteiger partial charge in [0, 0.05) is 18.2 Å². The number of hydrogen-bond acceptors (Lipinski definition) is 5. The van der Waals surface area contributed by atoms with E-state index in [1.165, 1.54) is 0 Å². The second-order valence-electron chi connectivity index (χ2n) is 5.08. The first-order chi connectivity index (χ1) is 11.8. The largest absolute Gasteiger partial charge is 0.508 e. The summed E-state index contributed by atoms with van der Waals surface area (Å²) >= 11 is 0. The van der Waals surface area contributed by atoms with Gasteiger partial charge in [0.05, 0.1) is 0 Å². The normalized spacial score (nSPS) is 11.4. The minimum atomic E-state index is -1.26. The molecule has 1 unspecified atom stereocenters. The highest BCUT2D eigenvalue weighted by atomic mass is 16.4. The molecule has 2 aromatic carbocycles. The zero-order valence-electron chi connectivity index (χ0n) is 13.2. The molecule has 7 heteroatoms. The van der Waals surface area contributed by atoms with Crippen molar-refractivity contribution in [3.63, 3.8) is 0 Å². The van der Waals surface area contributed by atoms with Crippen molar-refractivity contribution in [1.29, 1.82) is 0 Å². The van der Waals surface area contributed by atoms with E-state index in [-0.39, 0.29) is 17.5 Å². The van der Waals surface area contributed by atoms with Crippen LogP contribution in [0, 0.1) is 0 Å². The topological polar surface area (TPSA) is 141 Å². The summed E-state index contributed by atoms with van der Waals surface area (Å²) in [6.07, 6.45) is 1.82. The molecule has 132 valence electrons. The van der Waals surface area contributed by atoms with E-state index >= 15 is 0 Å². The molecule has 0 bridgehead atoms. The molecule has 0 amide bonds.